The summed E-state index contributed by atoms with van der Waals surface area (Å²) in [4.78, 5) is 2.48. The number of benzene rings is 1. The van der Waals surface area contributed by atoms with E-state index in [1.54, 1.807) is 0 Å². The molecule has 0 saturated heterocycles. The Morgan fingerprint density at radius 2 is 2.10 bits per heavy atom. The van der Waals surface area contributed by atoms with Gasteiger partial charge < -0.3 is 15.5 Å². The Labute approximate surface area is 123 Å². The number of hydrogen-bond donors (Lipinski definition) is 2. The molecule has 2 N–H and O–H groups in total. The number of nitrogens with zero attached hydrogens (tertiary/aromatic N) is 1. The van der Waals surface area contributed by atoms with E-state index < -0.39 is 0 Å². The van der Waals surface area contributed by atoms with Crippen molar-refractivity contribution in [2.45, 2.75) is 39.7 Å². The van der Waals surface area contributed by atoms with E-state index in [9.17, 15) is 0 Å². The van der Waals surface area contributed by atoms with Crippen molar-refractivity contribution in [3.63, 3.8) is 0 Å². The zero-order chi connectivity index (χ0) is 14.2. The van der Waals surface area contributed by atoms with Crippen LogP contribution in [0.15, 0.2) is 18.2 Å². The smallest absolute Gasteiger partial charge is 0.0418 e. The fourth-order valence-electron chi connectivity index (χ4n) is 2.92. The highest BCUT2D eigenvalue weighted by atomic mass is 15.1. The van der Waals surface area contributed by atoms with Crippen LogP contribution in [0.5, 0.6) is 0 Å². The number of aryl methyl sites for hydroxylation is 1. The Hall–Kier alpha value is -1.06. The molecule has 20 heavy (non-hydrogen) atoms. The molecule has 0 fully saturated rings. The lowest BCUT2D eigenvalue weighted by Gasteiger charge is -2.22. The van der Waals surface area contributed by atoms with E-state index in [0.29, 0.717) is 0 Å². The van der Waals surface area contributed by atoms with Crippen molar-refractivity contribution in [1.29, 1.82) is 0 Å². The van der Waals surface area contributed by atoms with Gasteiger partial charge >= 0.3 is 0 Å². The second kappa shape index (κ2) is 8.28. The Morgan fingerprint density at radius 3 is 2.90 bits per heavy atom. The molecule has 112 valence electrons. The Balaban J connectivity index is 1.74. The third kappa shape index (κ3) is 4.22. The van der Waals surface area contributed by atoms with Gasteiger partial charge in [0.2, 0.25) is 0 Å². The second-order valence-corrected chi connectivity index (χ2v) is 5.54. The van der Waals surface area contributed by atoms with Gasteiger partial charge in [0.1, 0.15) is 0 Å². The minimum Gasteiger partial charge on any atom is -0.385 e. The molecule has 0 bridgehead atoms. The molecule has 1 aliphatic rings. The molecule has 0 aliphatic carbocycles. The Morgan fingerprint density at radius 1 is 1.25 bits per heavy atom. The fourth-order valence-corrected chi connectivity index (χ4v) is 2.92. The zero-order valence-corrected chi connectivity index (χ0v) is 13.0. The summed E-state index contributed by atoms with van der Waals surface area (Å²) in [6.45, 7) is 11.2. The van der Waals surface area contributed by atoms with Crippen LogP contribution in [0.1, 0.15) is 37.8 Å². The van der Waals surface area contributed by atoms with Gasteiger partial charge in [0.15, 0.2) is 0 Å². The molecule has 3 nitrogen and oxygen atoms in total. The van der Waals surface area contributed by atoms with Crippen LogP contribution in [0, 0.1) is 0 Å². The summed E-state index contributed by atoms with van der Waals surface area (Å²) in [7, 11) is 0. The molecule has 1 aromatic carbocycles. The van der Waals surface area contributed by atoms with Crippen LogP contribution in [0.2, 0.25) is 0 Å². The summed E-state index contributed by atoms with van der Waals surface area (Å²) in [5.41, 5.74) is 4.29. The zero-order valence-electron chi connectivity index (χ0n) is 13.0. The normalized spacial score (nSPS) is 14.2. The molecule has 1 aliphatic heterocycles. The van der Waals surface area contributed by atoms with E-state index in [-0.39, 0.29) is 0 Å². The van der Waals surface area contributed by atoms with Crippen LogP contribution in [0.25, 0.3) is 0 Å². The van der Waals surface area contributed by atoms with Crippen molar-refractivity contribution >= 4 is 5.69 Å². The lowest BCUT2D eigenvalue weighted by molar-refractivity contribution is 0.298. The second-order valence-electron chi connectivity index (χ2n) is 5.54. The first-order valence-electron chi connectivity index (χ1n) is 8.12. The topological polar surface area (TPSA) is 27.3 Å². The number of rotatable bonds is 8. The van der Waals surface area contributed by atoms with Crippen LogP contribution in [0.3, 0.4) is 0 Å². The molecular formula is C17H29N3. The van der Waals surface area contributed by atoms with E-state index >= 15 is 0 Å². The SMILES string of the molecule is CCN(CC)CCCNCc1cccc2c1NCCC2. The lowest BCUT2D eigenvalue weighted by Crippen LogP contribution is -2.27. The molecule has 0 atom stereocenters. The third-order valence-electron chi connectivity index (χ3n) is 4.20. The Bertz CT molecular complexity index is 399. The predicted octanol–water partition coefficient (Wildman–Crippen LogP) is 2.87. The fraction of sp³-hybridized carbons (Fsp3) is 0.647. The first kappa shape index (κ1) is 15.3. The van der Waals surface area contributed by atoms with Crippen LogP contribution < -0.4 is 10.6 Å². The van der Waals surface area contributed by atoms with Gasteiger partial charge in [-0.3, -0.25) is 0 Å². The van der Waals surface area contributed by atoms with Crippen molar-refractivity contribution in [2.24, 2.45) is 0 Å². The van der Waals surface area contributed by atoms with Crippen molar-refractivity contribution < 1.29 is 0 Å². The van der Waals surface area contributed by atoms with E-state index in [0.717, 1.165) is 32.7 Å². The van der Waals surface area contributed by atoms with Crippen LogP contribution in [-0.4, -0.2) is 37.6 Å². The van der Waals surface area contributed by atoms with Gasteiger partial charge in [-0.25, -0.2) is 0 Å². The minimum absolute atomic E-state index is 0.981. The molecule has 1 heterocycles. The van der Waals surface area contributed by atoms with Crippen molar-refractivity contribution in [3.05, 3.63) is 29.3 Å². The van der Waals surface area contributed by atoms with Crippen LogP contribution in [-0.2, 0) is 13.0 Å². The highest BCUT2D eigenvalue weighted by molar-refractivity contribution is 5.59. The van der Waals surface area contributed by atoms with E-state index in [2.05, 4.69) is 47.6 Å². The molecule has 3 heteroatoms. The van der Waals surface area contributed by atoms with Gasteiger partial charge in [-0.1, -0.05) is 32.0 Å². The van der Waals surface area contributed by atoms with Gasteiger partial charge in [-0.15, -0.1) is 0 Å². The number of fused-ring (bicyclic) bond motifs is 1. The Kier molecular flexibility index (Phi) is 6.34. The average molecular weight is 275 g/mol. The summed E-state index contributed by atoms with van der Waals surface area (Å²) in [6, 6.07) is 6.69. The first-order valence-corrected chi connectivity index (χ1v) is 8.12. The number of anilines is 1. The summed E-state index contributed by atoms with van der Waals surface area (Å²) in [6.07, 6.45) is 3.70. The van der Waals surface area contributed by atoms with Gasteiger partial charge in [0, 0.05) is 18.8 Å². The van der Waals surface area contributed by atoms with Gasteiger partial charge in [0.25, 0.3) is 0 Å². The summed E-state index contributed by atoms with van der Waals surface area (Å²) in [5.74, 6) is 0. The van der Waals surface area contributed by atoms with Crippen molar-refractivity contribution in [2.75, 3.05) is 38.0 Å². The molecular weight excluding hydrogens is 246 g/mol. The van der Waals surface area contributed by atoms with Crippen molar-refractivity contribution in [3.8, 4) is 0 Å². The van der Waals surface area contributed by atoms with E-state index in [4.69, 9.17) is 0 Å². The molecule has 0 saturated carbocycles. The van der Waals surface area contributed by atoms with E-state index in [1.165, 1.54) is 42.6 Å². The largest absolute Gasteiger partial charge is 0.385 e. The van der Waals surface area contributed by atoms with Gasteiger partial charge in [-0.2, -0.15) is 0 Å². The maximum absolute atomic E-state index is 3.59. The average Bonchev–Trinajstić information content (AvgIpc) is 2.51. The maximum atomic E-state index is 3.59. The van der Waals surface area contributed by atoms with Gasteiger partial charge in [-0.05, 0) is 56.6 Å². The molecule has 1 aromatic rings. The highest BCUT2D eigenvalue weighted by Gasteiger charge is 2.11. The molecule has 2 rings (SSSR count). The third-order valence-corrected chi connectivity index (χ3v) is 4.20. The van der Waals surface area contributed by atoms with E-state index in [1.807, 2.05) is 0 Å². The maximum Gasteiger partial charge on any atom is 0.0418 e. The molecule has 0 amide bonds. The molecule has 0 radical (unpaired) electrons. The first-order chi connectivity index (χ1) is 9.85. The summed E-state index contributed by atoms with van der Waals surface area (Å²) >= 11 is 0. The lowest BCUT2D eigenvalue weighted by atomic mass is 9.99. The minimum atomic E-state index is 0.981. The number of hydrogen-bond acceptors (Lipinski definition) is 3. The standard InChI is InChI=1S/C17H29N3/c1-3-20(4-2)13-7-11-18-14-16-9-5-8-15-10-6-12-19-17(15)16/h5,8-9,18-19H,3-4,6-7,10-14H2,1-2H3. The quantitative estimate of drug-likeness (QED) is 0.714. The molecule has 0 spiro atoms. The molecule has 0 aromatic heterocycles. The number of para-hydroxylation sites is 1. The monoisotopic (exact) mass is 275 g/mol. The van der Waals surface area contributed by atoms with Crippen LogP contribution in [0.4, 0.5) is 5.69 Å². The van der Waals surface area contributed by atoms with Crippen LogP contribution >= 0.6 is 0 Å². The highest BCUT2D eigenvalue weighted by Crippen LogP contribution is 2.25. The number of nitrogens with one attached hydrogen (secondary N) is 2. The van der Waals surface area contributed by atoms with Crippen molar-refractivity contribution in [1.82, 2.24) is 10.2 Å². The molecule has 0 unspecified atom stereocenters. The van der Waals surface area contributed by atoms with Gasteiger partial charge in [0.05, 0.1) is 0 Å². The predicted molar refractivity (Wildman–Crippen MR) is 87.4 cm³/mol. The summed E-state index contributed by atoms with van der Waals surface area (Å²) < 4.78 is 0. The summed E-state index contributed by atoms with van der Waals surface area (Å²) in [5, 5.41) is 7.15.